The number of hydrogen-bond acceptors (Lipinski definition) is 2. The minimum absolute atomic E-state index is 0.00816. The molecule has 0 bridgehead atoms. The number of carbonyl (C=O) groups excluding carboxylic acids is 1. The second-order valence-corrected chi connectivity index (χ2v) is 5.72. The lowest BCUT2D eigenvalue weighted by molar-refractivity contribution is -0.138. The largest absolute Gasteiger partial charge is 0.374 e. The van der Waals surface area contributed by atoms with Gasteiger partial charge in [-0.1, -0.05) is 6.92 Å². The average Bonchev–Trinajstić information content (AvgIpc) is 2.84. The topological polar surface area (TPSA) is 29.5 Å². The molecule has 98 valence electrons. The number of hydrogen-bond donors (Lipinski definition) is 0. The van der Waals surface area contributed by atoms with Crippen molar-refractivity contribution in [2.24, 2.45) is 11.8 Å². The van der Waals surface area contributed by atoms with E-state index in [-0.39, 0.29) is 30.1 Å². The zero-order chi connectivity index (χ0) is 12.6. The highest BCUT2D eigenvalue weighted by Crippen LogP contribution is 2.35. The van der Waals surface area contributed by atoms with E-state index in [0.29, 0.717) is 11.8 Å². The number of carbonyl (C=O) groups is 1. The fraction of sp³-hybridized carbons (Fsp3) is 0.923. The van der Waals surface area contributed by atoms with E-state index in [9.17, 15) is 4.79 Å². The van der Waals surface area contributed by atoms with Gasteiger partial charge in [-0.2, -0.15) is 0 Å². The molecule has 5 atom stereocenters. The standard InChI is InChI=1S/C13H22ClNO2/c1-8-9(2)17-10(3)12(8)13(16)15-6-4-5-11(15)7-14/h8-12H,4-7H2,1-3H3. The lowest BCUT2D eigenvalue weighted by atomic mass is 9.88. The van der Waals surface area contributed by atoms with E-state index in [4.69, 9.17) is 16.3 Å². The Hall–Kier alpha value is -0.280. The fourth-order valence-electron chi connectivity index (χ4n) is 3.17. The molecule has 1 amide bonds. The second kappa shape index (κ2) is 5.15. The molecule has 0 N–H and O–H groups in total. The number of halogens is 1. The van der Waals surface area contributed by atoms with Crippen LogP contribution in [-0.4, -0.2) is 41.5 Å². The van der Waals surface area contributed by atoms with Crippen LogP contribution < -0.4 is 0 Å². The van der Waals surface area contributed by atoms with Crippen molar-refractivity contribution in [3.8, 4) is 0 Å². The van der Waals surface area contributed by atoms with Crippen LogP contribution in [0, 0.1) is 11.8 Å². The van der Waals surface area contributed by atoms with E-state index in [0.717, 1.165) is 19.4 Å². The Balaban J connectivity index is 2.09. The minimum atomic E-state index is 0.00816. The SMILES string of the molecule is CC1OC(C)C(C(=O)N2CCCC2CCl)C1C. The Bertz CT molecular complexity index is 297. The number of ether oxygens (including phenoxy) is 1. The van der Waals surface area contributed by atoms with E-state index in [1.807, 2.05) is 11.8 Å². The van der Waals surface area contributed by atoms with Gasteiger partial charge in [0.25, 0.3) is 0 Å². The maximum absolute atomic E-state index is 12.6. The Kier molecular flexibility index (Phi) is 3.99. The van der Waals surface area contributed by atoms with Crippen molar-refractivity contribution < 1.29 is 9.53 Å². The molecular weight excluding hydrogens is 238 g/mol. The van der Waals surface area contributed by atoms with Crippen LogP contribution in [0.3, 0.4) is 0 Å². The maximum Gasteiger partial charge on any atom is 0.228 e. The van der Waals surface area contributed by atoms with E-state index >= 15 is 0 Å². The van der Waals surface area contributed by atoms with Crippen LogP contribution in [0.1, 0.15) is 33.6 Å². The molecule has 2 fully saturated rings. The average molecular weight is 260 g/mol. The van der Waals surface area contributed by atoms with Crippen LogP contribution in [0.2, 0.25) is 0 Å². The summed E-state index contributed by atoms with van der Waals surface area (Å²) in [6.45, 7) is 7.04. The second-order valence-electron chi connectivity index (χ2n) is 5.41. The zero-order valence-electron chi connectivity index (χ0n) is 10.9. The highest BCUT2D eigenvalue weighted by molar-refractivity contribution is 6.18. The summed E-state index contributed by atoms with van der Waals surface area (Å²) < 4.78 is 5.76. The van der Waals surface area contributed by atoms with Gasteiger partial charge in [-0.05, 0) is 32.6 Å². The zero-order valence-corrected chi connectivity index (χ0v) is 11.6. The van der Waals surface area contributed by atoms with Gasteiger partial charge < -0.3 is 9.64 Å². The van der Waals surface area contributed by atoms with Crippen LogP contribution >= 0.6 is 11.6 Å². The molecule has 2 saturated heterocycles. The van der Waals surface area contributed by atoms with Crippen molar-refractivity contribution in [2.75, 3.05) is 12.4 Å². The molecule has 0 aromatic rings. The third kappa shape index (κ3) is 2.32. The molecule has 2 rings (SSSR count). The first-order valence-electron chi connectivity index (χ1n) is 6.58. The van der Waals surface area contributed by atoms with Crippen LogP contribution in [0.5, 0.6) is 0 Å². The quantitative estimate of drug-likeness (QED) is 0.712. The van der Waals surface area contributed by atoms with E-state index < -0.39 is 0 Å². The van der Waals surface area contributed by atoms with Crippen LogP contribution in [0.4, 0.5) is 0 Å². The van der Waals surface area contributed by atoms with E-state index in [1.165, 1.54) is 0 Å². The Morgan fingerprint density at radius 1 is 1.35 bits per heavy atom. The van der Waals surface area contributed by atoms with Crippen LogP contribution in [-0.2, 0) is 9.53 Å². The first kappa shape index (κ1) is 13.2. The summed E-state index contributed by atoms with van der Waals surface area (Å²) in [5.74, 6) is 1.11. The molecule has 0 aromatic carbocycles. The first-order valence-corrected chi connectivity index (χ1v) is 7.11. The Morgan fingerprint density at radius 3 is 2.59 bits per heavy atom. The van der Waals surface area contributed by atoms with Crippen molar-refractivity contribution in [3.63, 3.8) is 0 Å². The van der Waals surface area contributed by atoms with Gasteiger partial charge in [0.1, 0.15) is 0 Å². The number of nitrogens with zero attached hydrogens (tertiary/aromatic N) is 1. The number of rotatable bonds is 2. The molecular formula is C13H22ClNO2. The summed E-state index contributed by atoms with van der Waals surface area (Å²) in [5, 5.41) is 0. The third-order valence-corrected chi connectivity index (χ3v) is 4.72. The lowest BCUT2D eigenvalue weighted by Crippen LogP contribution is -2.44. The third-order valence-electron chi connectivity index (χ3n) is 4.37. The van der Waals surface area contributed by atoms with Gasteiger partial charge in [-0.3, -0.25) is 4.79 Å². The molecule has 4 heteroatoms. The lowest BCUT2D eigenvalue weighted by Gasteiger charge is -2.28. The molecule has 2 aliphatic heterocycles. The first-order chi connectivity index (χ1) is 8.06. The van der Waals surface area contributed by atoms with Crippen molar-refractivity contribution in [1.82, 2.24) is 4.90 Å². The highest BCUT2D eigenvalue weighted by atomic mass is 35.5. The molecule has 0 saturated carbocycles. The van der Waals surface area contributed by atoms with Gasteiger partial charge >= 0.3 is 0 Å². The van der Waals surface area contributed by atoms with Crippen molar-refractivity contribution in [3.05, 3.63) is 0 Å². The molecule has 3 nitrogen and oxygen atoms in total. The molecule has 0 aromatic heterocycles. The predicted molar refractivity (Wildman–Crippen MR) is 68.1 cm³/mol. The normalized spacial score (nSPS) is 42.1. The van der Waals surface area contributed by atoms with Gasteiger partial charge in [0, 0.05) is 18.5 Å². The van der Waals surface area contributed by atoms with E-state index in [1.54, 1.807) is 0 Å². The van der Waals surface area contributed by atoms with Crippen LogP contribution in [0.25, 0.3) is 0 Å². The van der Waals surface area contributed by atoms with Gasteiger partial charge in [-0.25, -0.2) is 0 Å². The summed E-state index contributed by atoms with van der Waals surface area (Å²) >= 11 is 5.93. The monoisotopic (exact) mass is 259 g/mol. The summed E-state index contributed by atoms with van der Waals surface area (Å²) in [5.41, 5.74) is 0. The van der Waals surface area contributed by atoms with E-state index in [2.05, 4.69) is 13.8 Å². The molecule has 2 heterocycles. The predicted octanol–water partition coefficient (Wildman–Crippen LogP) is 2.28. The summed E-state index contributed by atoms with van der Waals surface area (Å²) in [6, 6.07) is 0.236. The fourth-order valence-corrected chi connectivity index (χ4v) is 3.49. The van der Waals surface area contributed by atoms with Crippen molar-refractivity contribution in [2.45, 2.75) is 51.9 Å². The Labute approximate surface area is 108 Å². The Morgan fingerprint density at radius 2 is 2.06 bits per heavy atom. The maximum atomic E-state index is 12.6. The van der Waals surface area contributed by atoms with Gasteiger partial charge in [0.05, 0.1) is 18.1 Å². The minimum Gasteiger partial charge on any atom is -0.374 e. The van der Waals surface area contributed by atoms with Gasteiger partial charge in [0.15, 0.2) is 0 Å². The highest BCUT2D eigenvalue weighted by Gasteiger charge is 2.45. The smallest absolute Gasteiger partial charge is 0.228 e. The van der Waals surface area contributed by atoms with Crippen molar-refractivity contribution >= 4 is 17.5 Å². The molecule has 0 spiro atoms. The summed E-state index contributed by atoms with van der Waals surface area (Å²) in [7, 11) is 0. The summed E-state index contributed by atoms with van der Waals surface area (Å²) in [4.78, 5) is 14.5. The van der Waals surface area contributed by atoms with Crippen LogP contribution in [0.15, 0.2) is 0 Å². The molecule has 2 aliphatic rings. The molecule has 0 aliphatic carbocycles. The number of likely N-dealkylation sites (tertiary alicyclic amines) is 1. The number of alkyl halides is 1. The van der Waals surface area contributed by atoms with Crippen molar-refractivity contribution in [1.29, 1.82) is 0 Å². The summed E-state index contributed by atoms with van der Waals surface area (Å²) in [6.07, 6.45) is 2.33. The molecule has 17 heavy (non-hydrogen) atoms. The molecule has 5 unspecified atom stereocenters. The number of amides is 1. The molecule has 0 radical (unpaired) electrons. The van der Waals surface area contributed by atoms with Gasteiger partial charge in [0.2, 0.25) is 5.91 Å². The van der Waals surface area contributed by atoms with Gasteiger partial charge in [-0.15, -0.1) is 11.6 Å².